The first kappa shape index (κ1) is 13.3. The van der Waals surface area contributed by atoms with Crippen LogP contribution in [0.25, 0.3) is 0 Å². The Labute approximate surface area is 120 Å². The molecule has 20 heavy (non-hydrogen) atoms. The van der Waals surface area contributed by atoms with Crippen molar-refractivity contribution in [3.8, 4) is 23.3 Å². The van der Waals surface area contributed by atoms with Crippen LogP contribution in [0.2, 0.25) is 0 Å². The van der Waals surface area contributed by atoms with Gasteiger partial charge in [-0.05, 0) is 37.4 Å². The Morgan fingerprint density at radius 2 is 2.15 bits per heavy atom. The van der Waals surface area contributed by atoms with Gasteiger partial charge < -0.3 is 10.2 Å². The number of phenols is 2. The summed E-state index contributed by atoms with van der Waals surface area (Å²) in [7, 11) is 0. The quantitative estimate of drug-likeness (QED) is 0.641. The molecule has 1 aliphatic heterocycles. The van der Waals surface area contributed by atoms with Crippen molar-refractivity contribution >= 4 is 0 Å². The van der Waals surface area contributed by atoms with Gasteiger partial charge in [-0.25, -0.2) is 0 Å². The minimum Gasteiger partial charge on any atom is -0.504 e. The standard InChI is InChI=1S/C17H21NO2/c1-2-8-18-9-4-3-5-13-10-14-12(11-15(13)18)6-7-16(19)17(14)20/h6-7,13,15,19-20H,2,4,8-11H2,1H3. The fourth-order valence-electron chi connectivity index (χ4n) is 3.47. The van der Waals surface area contributed by atoms with Crippen LogP contribution in [0.1, 0.15) is 30.9 Å². The Balaban J connectivity index is 1.96. The summed E-state index contributed by atoms with van der Waals surface area (Å²) in [5.41, 5.74) is 2.05. The zero-order chi connectivity index (χ0) is 14.1. The highest BCUT2D eigenvalue weighted by Crippen LogP contribution is 2.39. The van der Waals surface area contributed by atoms with E-state index in [1.807, 2.05) is 6.07 Å². The van der Waals surface area contributed by atoms with Gasteiger partial charge in [0.25, 0.3) is 0 Å². The van der Waals surface area contributed by atoms with Crippen LogP contribution in [0.3, 0.4) is 0 Å². The van der Waals surface area contributed by atoms with Crippen molar-refractivity contribution in [2.45, 2.75) is 38.6 Å². The highest BCUT2D eigenvalue weighted by atomic mass is 16.3. The van der Waals surface area contributed by atoms with E-state index >= 15 is 0 Å². The van der Waals surface area contributed by atoms with E-state index in [1.54, 1.807) is 6.07 Å². The number of rotatable bonds is 2. The van der Waals surface area contributed by atoms with Gasteiger partial charge >= 0.3 is 0 Å². The Morgan fingerprint density at radius 3 is 2.95 bits per heavy atom. The van der Waals surface area contributed by atoms with E-state index in [0.29, 0.717) is 6.04 Å². The summed E-state index contributed by atoms with van der Waals surface area (Å²) in [5.74, 6) is 6.94. The van der Waals surface area contributed by atoms with Crippen molar-refractivity contribution in [3.05, 3.63) is 23.3 Å². The van der Waals surface area contributed by atoms with Gasteiger partial charge in [-0.3, -0.25) is 4.90 Å². The number of phenolic OH excluding ortho intramolecular Hbond substituents is 2. The van der Waals surface area contributed by atoms with Gasteiger partial charge in [0.2, 0.25) is 0 Å². The lowest BCUT2D eigenvalue weighted by Gasteiger charge is -2.38. The molecular formula is C17H21NO2. The fraction of sp³-hybridized carbons (Fsp3) is 0.529. The van der Waals surface area contributed by atoms with Crippen LogP contribution in [-0.2, 0) is 12.8 Å². The number of hydrogen-bond donors (Lipinski definition) is 2. The molecule has 0 saturated carbocycles. The van der Waals surface area contributed by atoms with Gasteiger partial charge in [-0.15, -0.1) is 5.92 Å². The van der Waals surface area contributed by atoms with Gasteiger partial charge in [-0.2, -0.15) is 0 Å². The highest BCUT2D eigenvalue weighted by molar-refractivity contribution is 5.51. The normalized spacial score (nSPS) is 25.1. The van der Waals surface area contributed by atoms with Crippen LogP contribution in [-0.4, -0.2) is 34.2 Å². The van der Waals surface area contributed by atoms with Crippen molar-refractivity contribution in [2.24, 2.45) is 5.92 Å². The number of hydrogen-bond acceptors (Lipinski definition) is 3. The lowest BCUT2D eigenvalue weighted by Crippen LogP contribution is -2.44. The number of aromatic hydroxyl groups is 2. The summed E-state index contributed by atoms with van der Waals surface area (Å²) in [6.45, 7) is 4.35. The Kier molecular flexibility index (Phi) is 3.58. The molecule has 1 aromatic carbocycles. The number of fused-ring (bicyclic) bond motifs is 2. The molecule has 1 aromatic rings. The van der Waals surface area contributed by atoms with E-state index in [0.717, 1.165) is 49.9 Å². The lowest BCUT2D eigenvalue weighted by atomic mass is 9.79. The van der Waals surface area contributed by atoms with Crippen molar-refractivity contribution in [1.82, 2.24) is 4.90 Å². The maximum atomic E-state index is 10.1. The molecule has 3 heteroatoms. The van der Waals surface area contributed by atoms with Gasteiger partial charge in [0.15, 0.2) is 11.5 Å². The monoisotopic (exact) mass is 271 g/mol. The molecule has 106 valence electrons. The van der Waals surface area contributed by atoms with Crippen molar-refractivity contribution in [3.63, 3.8) is 0 Å². The van der Waals surface area contributed by atoms with Crippen LogP contribution in [0.15, 0.2) is 12.1 Å². The van der Waals surface area contributed by atoms with Crippen LogP contribution in [0.4, 0.5) is 0 Å². The molecule has 2 atom stereocenters. The molecule has 1 heterocycles. The largest absolute Gasteiger partial charge is 0.504 e. The zero-order valence-electron chi connectivity index (χ0n) is 11.9. The molecule has 2 unspecified atom stereocenters. The average molecular weight is 271 g/mol. The van der Waals surface area contributed by atoms with Gasteiger partial charge in [0.1, 0.15) is 0 Å². The molecule has 0 saturated heterocycles. The van der Waals surface area contributed by atoms with Crippen LogP contribution < -0.4 is 0 Å². The molecule has 0 radical (unpaired) electrons. The fourth-order valence-corrected chi connectivity index (χ4v) is 3.47. The predicted octanol–water partition coefficient (Wildman–Crippen LogP) is 2.30. The first-order valence-corrected chi connectivity index (χ1v) is 7.45. The molecule has 0 spiro atoms. The van der Waals surface area contributed by atoms with Gasteiger partial charge in [0, 0.05) is 30.5 Å². The number of benzene rings is 1. The molecule has 0 fully saturated rings. The first-order chi connectivity index (χ1) is 9.70. The van der Waals surface area contributed by atoms with Crippen LogP contribution in [0, 0.1) is 17.8 Å². The lowest BCUT2D eigenvalue weighted by molar-refractivity contribution is 0.160. The molecule has 0 bridgehead atoms. The molecule has 0 aromatic heterocycles. The van der Waals surface area contributed by atoms with E-state index in [4.69, 9.17) is 0 Å². The Bertz CT molecular complexity index is 570. The minimum atomic E-state index is -0.0193. The molecule has 3 rings (SSSR count). The van der Waals surface area contributed by atoms with Crippen LogP contribution >= 0.6 is 0 Å². The number of nitrogens with zero attached hydrogens (tertiary/aromatic N) is 1. The molecule has 2 N–H and O–H groups in total. The van der Waals surface area contributed by atoms with E-state index < -0.39 is 0 Å². The van der Waals surface area contributed by atoms with E-state index in [9.17, 15) is 10.2 Å². The third kappa shape index (κ3) is 2.25. The summed E-state index contributed by atoms with van der Waals surface area (Å²) in [4.78, 5) is 2.53. The second kappa shape index (κ2) is 5.38. The maximum absolute atomic E-state index is 10.1. The van der Waals surface area contributed by atoms with E-state index in [1.165, 1.54) is 0 Å². The van der Waals surface area contributed by atoms with Gasteiger partial charge in [0.05, 0.1) is 0 Å². The topological polar surface area (TPSA) is 43.7 Å². The molecule has 1 aliphatic carbocycles. The van der Waals surface area contributed by atoms with Crippen molar-refractivity contribution in [1.29, 1.82) is 0 Å². The SMILES string of the molecule is CCCN1CCC#CC2Cc3c(ccc(O)c3O)CC21. The highest BCUT2D eigenvalue weighted by Gasteiger charge is 2.34. The summed E-state index contributed by atoms with van der Waals surface area (Å²) < 4.78 is 0. The maximum Gasteiger partial charge on any atom is 0.160 e. The Morgan fingerprint density at radius 1 is 1.30 bits per heavy atom. The smallest absolute Gasteiger partial charge is 0.160 e. The molecule has 2 aliphatic rings. The predicted molar refractivity (Wildman–Crippen MR) is 78.7 cm³/mol. The second-order valence-corrected chi connectivity index (χ2v) is 5.76. The van der Waals surface area contributed by atoms with Crippen molar-refractivity contribution < 1.29 is 10.2 Å². The van der Waals surface area contributed by atoms with E-state index in [-0.39, 0.29) is 17.4 Å². The summed E-state index contributed by atoms with van der Waals surface area (Å²) >= 11 is 0. The molecular weight excluding hydrogens is 250 g/mol. The van der Waals surface area contributed by atoms with E-state index in [2.05, 4.69) is 23.7 Å². The average Bonchev–Trinajstić information content (AvgIpc) is 2.64. The molecule has 0 amide bonds. The Hall–Kier alpha value is -1.66. The van der Waals surface area contributed by atoms with Gasteiger partial charge in [-0.1, -0.05) is 18.9 Å². The minimum absolute atomic E-state index is 0.0193. The van der Waals surface area contributed by atoms with Crippen molar-refractivity contribution in [2.75, 3.05) is 13.1 Å². The first-order valence-electron chi connectivity index (χ1n) is 7.45. The zero-order valence-corrected chi connectivity index (χ0v) is 11.9. The molecule has 3 nitrogen and oxygen atoms in total. The summed E-state index contributed by atoms with van der Waals surface area (Å²) in [5, 5.41) is 19.7. The third-order valence-electron chi connectivity index (χ3n) is 4.47. The second-order valence-electron chi connectivity index (χ2n) is 5.76. The summed E-state index contributed by atoms with van der Waals surface area (Å²) in [6.07, 6.45) is 3.74. The summed E-state index contributed by atoms with van der Waals surface area (Å²) in [6, 6.07) is 3.99. The van der Waals surface area contributed by atoms with Crippen LogP contribution in [0.5, 0.6) is 11.5 Å². The third-order valence-corrected chi connectivity index (χ3v) is 4.47.